The van der Waals surface area contributed by atoms with Crippen LogP contribution in [0.1, 0.15) is 41.5 Å². The van der Waals surface area contributed by atoms with E-state index in [2.05, 4.69) is 4.57 Å². The summed E-state index contributed by atoms with van der Waals surface area (Å²) in [5, 5.41) is 9.19. The van der Waals surface area contributed by atoms with Crippen LogP contribution in [0.25, 0.3) is 5.69 Å². The molecule has 1 aliphatic carbocycles. The van der Waals surface area contributed by atoms with E-state index in [9.17, 15) is 14.7 Å². The van der Waals surface area contributed by atoms with Gasteiger partial charge in [0.05, 0.1) is 11.5 Å². The Labute approximate surface area is 147 Å². The highest BCUT2D eigenvalue weighted by molar-refractivity contribution is 5.96. The molecule has 1 aliphatic rings. The number of hydrogen-bond donors (Lipinski definition) is 1. The summed E-state index contributed by atoms with van der Waals surface area (Å²) in [6.07, 6.45) is 1.91. The third-order valence-electron chi connectivity index (χ3n) is 4.82. The topological polar surface area (TPSA) is 62.5 Å². The zero-order chi connectivity index (χ0) is 18.1. The molecule has 1 unspecified atom stereocenters. The molecular weight excluding hydrogens is 316 g/mol. The molecule has 1 atom stereocenters. The van der Waals surface area contributed by atoms with E-state index < -0.39 is 11.9 Å². The summed E-state index contributed by atoms with van der Waals surface area (Å²) in [6, 6.07) is 12.0. The van der Waals surface area contributed by atoms with E-state index in [0.717, 1.165) is 29.9 Å². The minimum Gasteiger partial charge on any atom is -0.481 e. The van der Waals surface area contributed by atoms with E-state index in [-0.39, 0.29) is 18.5 Å². The maximum atomic E-state index is 13.1. The molecule has 1 aromatic heterocycles. The van der Waals surface area contributed by atoms with E-state index in [1.165, 1.54) is 0 Å². The van der Waals surface area contributed by atoms with Crippen molar-refractivity contribution in [1.29, 1.82) is 0 Å². The summed E-state index contributed by atoms with van der Waals surface area (Å²) in [5.74, 6) is -1.50. The van der Waals surface area contributed by atoms with Gasteiger partial charge in [-0.05, 0) is 44.9 Å². The van der Waals surface area contributed by atoms with Crippen molar-refractivity contribution < 1.29 is 14.7 Å². The molecule has 1 heterocycles. The first-order chi connectivity index (χ1) is 11.9. The number of carbonyl (C=O) groups is 2. The van der Waals surface area contributed by atoms with E-state index in [4.69, 9.17) is 0 Å². The minimum atomic E-state index is -0.867. The lowest BCUT2D eigenvalue weighted by atomic mass is 10.1. The number of rotatable bonds is 6. The van der Waals surface area contributed by atoms with Gasteiger partial charge in [0.25, 0.3) is 5.91 Å². The van der Waals surface area contributed by atoms with Crippen LogP contribution in [0.4, 0.5) is 0 Å². The first-order valence-corrected chi connectivity index (χ1v) is 8.68. The fraction of sp³-hybridized carbons (Fsp3) is 0.400. The predicted octanol–water partition coefficient (Wildman–Crippen LogP) is 3.42. The van der Waals surface area contributed by atoms with Gasteiger partial charge >= 0.3 is 5.97 Å². The lowest BCUT2D eigenvalue weighted by Crippen LogP contribution is -2.38. The monoisotopic (exact) mass is 340 g/mol. The quantitative estimate of drug-likeness (QED) is 0.876. The van der Waals surface area contributed by atoms with Crippen LogP contribution in [-0.2, 0) is 4.79 Å². The first-order valence-electron chi connectivity index (χ1n) is 8.68. The largest absolute Gasteiger partial charge is 0.481 e. The number of carboxylic acid groups (broad SMARTS) is 1. The van der Waals surface area contributed by atoms with Gasteiger partial charge in [-0.15, -0.1) is 0 Å². The standard InChI is InChI=1S/C20H24N2O3/c1-13(20(24)25)12-21(16-9-10-16)19(23)18-11-14(2)22(15(18)3)17-7-5-4-6-8-17/h4-8,11,13,16H,9-10,12H2,1-3H3,(H,24,25). The fourth-order valence-electron chi connectivity index (χ4n) is 3.27. The molecule has 0 spiro atoms. The Hall–Kier alpha value is -2.56. The van der Waals surface area contributed by atoms with E-state index in [0.29, 0.717) is 5.56 Å². The second-order valence-electron chi connectivity index (χ2n) is 6.88. The second kappa shape index (κ2) is 6.75. The van der Waals surface area contributed by atoms with Crippen molar-refractivity contribution in [1.82, 2.24) is 9.47 Å². The molecule has 2 aromatic rings. The highest BCUT2D eigenvalue weighted by Gasteiger charge is 2.36. The average Bonchev–Trinajstić information content (AvgIpc) is 3.38. The van der Waals surface area contributed by atoms with Gasteiger partial charge in [-0.25, -0.2) is 0 Å². The Kier molecular flexibility index (Phi) is 4.66. The van der Waals surface area contributed by atoms with Gasteiger partial charge in [0.15, 0.2) is 0 Å². The van der Waals surface area contributed by atoms with Crippen molar-refractivity contribution >= 4 is 11.9 Å². The van der Waals surface area contributed by atoms with Crippen molar-refractivity contribution in [2.24, 2.45) is 5.92 Å². The number of para-hydroxylation sites is 1. The van der Waals surface area contributed by atoms with Crippen molar-refractivity contribution in [3.8, 4) is 5.69 Å². The molecule has 1 aromatic carbocycles. The zero-order valence-corrected chi connectivity index (χ0v) is 14.9. The summed E-state index contributed by atoms with van der Waals surface area (Å²) >= 11 is 0. The summed E-state index contributed by atoms with van der Waals surface area (Å²) in [7, 11) is 0. The number of nitrogens with zero attached hydrogens (tertiary/aromatic N) is 2. The number of amides is 1. The van der Waals surface area contributed by atoms with Crippen LogP contribution in [0.5, 0.6) is 0 Å². The van der Waals surface area contributed by atoms with Crippen molar-refractivity contribution in [2.45, 2.75) is 39.7 Å². The second-order valence-corrected chi connectivity index (χ2v) is 6.88. The van der Waals surface area contributed by atoms with Crippen LogP contribution in [0.2, 0.25) is 0 Å². The lowest BCUT2D eigenvalue weighted by Gasteiger charge is -2.24. The SMILES string of the molecule is Cc1cc(C(=O)N(CC(C)C(=O)O)C2CC2)c(C)n1-c1ccccc1. The van der Waals surface area contributed by atoms with Gasteiger partial charge in [0, 0.05) is 29.7 Å². The van der Waals surface area contributed by atoms with Crippen molar-refractivity contribution in [2.75, 3.05) is 6.54 Å². The molecule has 0 aliphatic heterocycles. The number of carboxylic acids is 1. The number of benzene rings is 1. The number of hydrogen-bond acceptors (Lipinski definition) is 2. The van der Waals surface area contributed by atoms with Crippen LogP contribution < -0.4 is 0 Å². The zero-order valence-electron chi connectivity index (χ0n) is 14.9. The van der Waals surface area contributed by atoms with Crippen LogP contribution in [0.3, 0.4) is 0 Å². The minimum absolute atomic E-state index is 0.0640. The molecule has 1 fully saturated rings. The fourth-order valence-corrected chi connectivity index (χ4v) is 3.27. The normalized spacial score (nSPS) is 15.0. The summed E-state index contributed by atoms with van der Waals surface area (Å²) < 4.78 is 2.07. The maximum absolute atomic E-state index is 13.1. The van der Waals surface area contributed by atoms with Gasteiger partial charge < -0.3 is 14.6 Å². The average molecular weight is 340 g/mol. The summed E-state index contributed by atoms with van der Waals surface area (Å²) in [6.45, 7) is 5.84. The number of aliphatic carboxylic acids is 1. The van der Waals surface area contributed by atoms with Gasteiger partial charge in [-0.1, -0.05) is 25.1 Å². The van der Waals surface area contributed by atoms with Gasteiger partial charge in [-0.2, -0.15) is 0 Å². The Morgan fingerprint density at radius 3 is 2.44 bits per heavy atom. The van der Waals surface area contributed by atoms with Crippen LogP contribution in [0, 0.1) is 19.8 Å². The summed E-state index contributed by atoms with van der Waals surface area (Å²) in [4.78, 5) is 26.1. The van der Waals surface area contributed by atoms with Crippen LogP contribution >= 0.6 is 0 Å². The molecule has 132 valence electrons. The molecule has 5 heteroatoms. The first kappa shape index (κ1) is 17.3. The molecule has 3 rings (SSSR count). The lowest BCUT2D eigenvalue weighted by molar-refractivity contribution is -0.141. The van der Waals surface area contributed by atoms with E-state index in [1.807, 2.05) is 50.2 Å². The Morgan fingerprint density at radius 1 is 1.24 bits per heavy atom. The molecule has 1 saturated carbocycles. The highest BCUT2D eigenvalue weighted by Crippen LogP contribution is 2.31. The Morgan fingerprint density at radius 2 is 1.88 bits per heavy atom. The number of aryl methyl sites for hydroxylation is 1. The molecule has 5 nitrogen and oxygen atoms in total. The Balaban J connectivity index is 1.93. The number of carbonyl (C=O) groups excluding carboxylic acids is 1. The molecule has 25 heavy (non-hydrogen) atoms. The van der Waals surface area contributed by atoms with Crippen molar-refractivity contribution in [3.63, 3.8) is 0 Å². The molecule has 0 saturated heterocycles. The third-order valence-corrected chi connectivity index (χ3v) is 4.82. The molecule has 0 bridgehead atoms. The maximum Gasteiger partial charge on any atom is 0.308 e. The highest BCUT2D eigenvalue weighted by atomic mass is 16.4. The smallest absolute Gasteiger partial charge is 0.308 e. The Bertz CT molecular complexity index is 791. The van der Waals surface area contributed by atoms with Gasteiger partial charge in [0.2, 0.25) is 0 Å². The van der Waals surface area contributed by atoms with Crippen LogP contribution in [-0.4, -0.2) is 39.0 Å². The predicted molar refractivity (Wildman–Crippen MR) is 96.1 cm³/mol. The van der Waals surface area contributed by atoms with E-state index >= 15 is 0 Å². The number of aromatic nitrogens is 1. The summed E-state index contributed by atoms with van der Waals surface area (Å²) in [5.41, 5.74) is 3.57. The van der Waals surface area contributed by atoms with Gasteiger partial charge in [-0.3, -0.25) is 9.59 Å². The van der Waals surface area contributed by atoms with E-state index in [1.54, 1.807) is 11.8 Å². The molecule has 0 radical (unpaired) electrons. The van der Waals surface area contributed by atoms with Gasteiger partial charge in [0.1, 0.15) is 0 Å². The molecular formula is C20H24N2O3. The molecule has 1 N–H and O–H groups in total. The van der Waals surface area contributed by atoms with Crippen LogP contribution in [0.15, 0.2) is 36.4 Å². The molecule has 1 amide bonds. The third kappa shape index (κ3) is 3.45. The van der Waals surface area contributed by atoms with Crippen molar-refractivity contribution in [3.05, 3.63) is 53.3 Å².